The van der Waals surface area contributed by atoms with Crippen LogP contribution in [0.4, 0.5) is 0 Å². The fraction of sp³-hybridized carbons (Fsp3) is 1.00. The minimum absolute atomic E-state index is 0.196. The van der Waals surface area contributed by atoms with E-state index in [1.54, 1.807) is 0 Å². The topological polar surface area (TPSA) is 33.7 Å². The zero-order valence-electron chi connectivity index (χ0n) is 13.2. The van der Waals surface area contributed by atoms with E-state index in [2.05, 4.69) is 10.2 Å². The quantitative estimate of drug-likeness (QED) is 0.847. The van der Waals surface area contributed by atoms with Gasteiger partial charge in [0.05, 0.1) is 12.7 Å². The van der Waals surface area contributed by atoms with Gasteiger partial charge < -0.3 is 14.8 Å². The molecule has 120 valence electrons. The first-order chi connectivity index (χ1) is 10.3. The highest BCUT2D eigenvalue weighted by molar-refractivity contribution is 4.99. The van der Waals surface area contributed by atoms with Crippen molar-refractivity contribution in [2.45, 2.75) is 75.2 Å². The van der Waals surface area contributed by atoms with E-state index in [1.165, 1.54) is 58.0 Å². The van der Waals surface area contributed by atoms with E-state index in [4.69, 9.17) is 9.47 Å². The molecular formula is C17H30N2O2. The Bertz CT molecular complexity index is 354. The molecule has 2 saturated carbocycles. The molecule has 21 heavy (non-hydrogen) atoms. The fourth-order valence-electron chi connectivity index (χ4n) is 5.00. The maximum absolute atomic E-state index is 6.36. The monoisotopic (exact) mass is 294 g/mol. The van der Waals surface area contributed by atoms with Crippen LogP contribution in [0.5, 0.6) is 0 Å². The molecule has 0 bridgehead atoms. The Hall–Kier alpha value is -0.160. The molecule has 0 aromatic heterocycles. The highest BCUT2D eigenvalue weighted by Gasteiger charge is 2.46. The highest BCUT2D eigenvalue weighted by atomic mass is 16.7. The Balaban J connectivity index is 1.40. The Morgan fingerprint density at radius 2 is 1.76 bits per heavy atom. The van der Waals surface area contributed by atoms with Gasteiger partial charge in [0, 0.05) is 44.6 Å². The second kappa shape index (κ2) is 5.80. The van der Waals surface area contributed by atoms with Crippen LogP contribution in [0.2, 0.25) is 0 Å². The summed E-state index contributed by atoms with van der Waals surface area (Å²) in [7, 11) is 0. The summed E-state index contributed by atoms with van der Waals surface area (Å²) in [5.41, 5.74) is 0.408. The van der Waals surface area contributed by atoms with Crippen LogP contribution in [-0.2, 0) is 9.47 Å². The smallest absolute Gasteiger partial charge is 0.168 e. The van der Waals surface area contributed by atoms with E-state index in [-0.39, 0.29) is 5.79 Å². The van der Waals surface area contributed by atoms with Gasteiger partial charge in [-0.25, -0.2) is 0 Å². The summed E-state index contributed by atoms with van der Waals surface area (Å²) in [6.45, 7) is 5.35. The second-order valence-corrected chi connectivity index (χ2v) is 7.58. The van der Waals surface area contributed by atoms with E-state index in [0.717, 1.165) is 32.5 Å². The van der Waals surface area contributed by atoms with E-state index in [1.807, 2.05) is 0 Å². The molecule has 2 aliphatic heterocycles. The molecule has 0 amide bonds. The predicted octanol–water partition coefficient (Wildman–Crippen LogP) is 2.28. The summed E-state index contributed by atoms with van der Waals surface area (Å²) in [6, 6.07) is 0. The Morgan fingerprint density at radius 1 is 1.00 bits per heavy atom. The number of ether oxygens (including phenoxy) is 2. The van der Waals surface area contributed by atoms with Gasteiger partial charge in [-0.1, -0.05) is 19.3 Å². The van der Waals surface area contributed by atoms with Crippen LogP contribution >= 0.6 is 0 Å². The third kappa shape index (κ3) is 2.76. The Morgan fingerprint density at radius 3 is 2.57 bits per heavy atom. The molecule has 4 rings (SSSR count). The first kappa shape index (κ1) is 14.4. The first-order valence-corrected chi connectivity index (χ1v) is 9.08. The molecule has 4 nitrogen and oxygen atoms in total. The average Bonchev–Trinajstić information content (AvgIpc) is 3.13. The summed E-state index contributed by atoms with van der Waals surface area (Å²) in [6.07, 6.45) is 12.0. The molecule has 4 heteroatoms. The van der Waals surface area contributed by atoms with E-state index in [0.29, 0.717) is 11.6 Å². The van der Waals surface area contributed by atoms with Crippen molar-refractivity contribution in [3.63, 3.8) is 0 Å². The van der Waals surface area contributed by atoms with Crippen molar-refractivity contribution in [2.24, 2.45) is 0 Å². The van der Waals surface area contributed by atoms with Crippen molar-refractivity contribution in [3.05, 3.63) is 0 Å². The van der Waals surface area contributed by atoms with Gasteiger partial charge in [-0.05, 0) is 25.7 Å². The zero-order valence-corrected chi connectivity index (χ0v) is 13.2. The Labute approximate surface area is 128 Å². The summed E-state index contributed by atoms with van der Waals surface area (Å²) in [5.74, 6) is -0.196. The van der Waals surface area contributed by atoms with Crippen LogP contribution < -0.4 is 5.32 Å². The Kier molecular flexibility index (Phi) is 3.99. The summed E-state index contributed by atoms with van der Waals surface area (Å²) < 4.78 is 12.4. The largest absolute Gasteiger partial charge is 0.347 e. The number of rotatable bonds is 2. The third-order valence-corrected chi connectivity index (χ3v) is 6.17. The van der Waals surface area contributed by atoms with E-state index >= 15 is 0 Å². The SMILES string of the molecule is C1CCC2(CC1)CNCCN2CC1COC2(CCCC2)O1. The van der Waals surface area contributed by atoms with Crippen LogP contribution in [0.25, 0.3) is 0 Å². The predicted molar refractivity (Wildman–Crippen MR) is 82.3 cm³/mol. The molecule has 2 heterocycles. The molecule has 0 aromatic carbocycles. The normalized spacial score (nSPS) is 35.7. The maximum Gasteiger partial charge on any atom is 0.168 e. The molecule has 1 atom stereocenters. The molecular weight excluding hydrogens is 264 g/mol. The number of hydrogen-bond donors (Lipinski definition) is 1. The van der Waals surface area contributed by atoms with Crippen LogP contribution in [-0.4, -0.2) is 55.1 Å². The highest BCUT2D eigenvalue weighted by Crippen LogP contribution is 2.40. The van der Waals surface area contributed by atoms with Crippen LogP contribution in [0, 0.1) is 0 Å². The van der Waals surface area contributed by atoms with Crippen LogP contribution in [0.15, 0.2) is 0 Å². The molecule has 2 aliphatic carbocycles. The number of hydrogen-bond acceptors (Lipinski definition) is 4. The zero-order chi connectivity index (χ0) is 14.2. The summed E-state index contributed by atoms with van der Waals surface area (Å²) >= 11 is 0. The van der Waals surface area contributed by atoms with Crippen molar-refractivity contribution in [1.29, 1.82) is 0 Å². The lowest BCUT2D eigenvalue weighted by molar-refractivity contribution is -0.165. The third-order valence-electron chi connectivity index (χ3n) is 6.17. The first-order valence-electron chi connectivity index (χ1n) is 9.08. The molecule has 1 N–H and O–H groups in total. The minimum atomic E-state index is -0.196. The number of nitrogens with zero attached hydrogens (tertiary/aromatic N) is 1. The molecule has 4 fully saturated rings. The molecule has 4 aliphatic rings. The molecule has 2 spiro atoms. The lowest BCUT2D eigenvalue weighted by atomic mass is 9.79. The molecule has 2 saturated heterocycles. The fourth-order valence-corrected chi connectivity index (χ4v) is 5.00. The van der Waals surface area contributed by atoms with Crippen molar-refractivity contribution in [3.8, 4) is 0 Å². The number of nitrogens with one attached hydrogen (secondary N) is 1. The standard InChI is InChI=1S/C17H30N2O2/c1-2-6-16(7-3-1)14-18-10-11-19(16)12-15-13-20-17(21-15)8-4-5-9-17/h15,18H,1-14H2. The molecule has 0 aromatic rings. The van der Waals surface area contributed by atoms with Crippen molar-refractivity contribution < 1.29 is 9.47 Å². The van der Waals surface area contributed by atoms with Gasteiger partial charge in [-0.3, -0.25) is 4.90 Å². The maximum atomic E-state index is 6.36. The molecule has 0 radical (unpaired) electrons. The van der Waals surface area contributed by atoms with Gasteiger partial charge in [0.25, 0.3) is 0 Å². The van der Waals surface area contributed by atoms with Crippen LogP contribution in [0.3, 0.4) is 0 Å². The minimum Gasteiger partial charge on any atom is -0.347 e. The second-order valence-electron chi connectivity index (χ2n) is 7.58. The molecule has 1 unspecified atom stereocenters. The van der Waals surface area contributed by atoms with Crippen molar-refractivity contribution >= 4 is 0 Å². The van der Waals surface area contributed by atoms with E-state index < -0.39 is 0 Å². The van der Waals surface area contributed by atoms with Gasteiger partial charge in [0.2, 0.25) is 0 Å². The van der Waals surface area contributed by atoms with Gasteiger partial charge in [-0.2, -0.15) is 0 Å². The lowest BCUT2D eigenvalue weighted by Gasteiger charge is -2.50. The van der Waals surface area contributed by atoms with Crippen LogP contribution in [0.1, 0.15) is 57.8 Å². The summed E-state index contributed by atoms with van der Waals surface area (Å²) in [4.78, 5) is 2.74. The van der Waals surface area contributed by atoms with E-state index in [9.17, 15) is 0 Å². The average molecular weight is 294 g/mol. The lowest BCUT2D eigenvalue weighted by Crippen LogP contribution is -2.63. The van der Waals surface area contributed by atoms with Gasteiger partial charge >= 0.3 is 0 Å². The summed E-state index contributed by atoms with van der Waals surface area (Å²) in [5, 5.41) is 3.64. The van der Waals surface area contributed by atoms with Gasteiger partial charge in [0.1, 0.15) is 0 Å². The van der Waals surface area contributed by atoms with Gasteiger partial charge in [0.15, 0.2) is 5.79 Å². The van der Waals surface area contributed by atoms with Gasteiger partial charge in [-0.15, -0.1) is 0 Å². The van der Waals surface area contributed by atoms with Crippen molar-refractivity contribution in [1.82, 2.24) is 10.2 Å². The number of piperazine rings is 1. The van der Waals surface area contributed by atoms with Crippen molar-refractivity contribution in [2.75, 3.05) is 32.8 Å².